The molecule has 0 unspecified atom stereocenters. The van der Waals surface area contributed by atoms with Gasteiger partial charge in [0.15, 0.2) is 5.96 Å². The molecule has 2 aromatic heterocycles. The van der Waals surface area contributed by atoms with Gasteiger partial charge in [0.1, 0.15) is 0 Å². The molecular formula is C17H25IN4OS. The van der Waals surface area contributed by atoms with Crippen LogP contribution in [0.2, 0.25) is 0 Å². The lowest BCUT2D eigenvalue weighted by Gasteiger charge is -2.11. The summed E-state index contributed by atoms with van der Waals surface area (Å²) >= 11 is 1.69. The van der Waals surface area contributed by atoms with Gasteiger partial charge in [0.25, 0.3) is 0 Å². The number of guanidine groups is 1. The van der Waals surface area contributed by atoms with Crippen LogP contribution in [0.4, 0.5) is 0 Å². The summed E-state index contributed by atoms with van der Waals surface area (Å²) in [6.45, 7) is 7.03. The Labute approximate surface area is 165 Å². The highest BCUT2D eigenvalue weighted by molar-refractivity contribution is 14.0. The number of hydrogen-bond acceptors (Lipinski definition) is 4. The number of thiophene rings is 1. The van der Waals surface area contributed by atoms with E-state index in [2.05, 4.69) is 51.3 Å². The quantitative estimate of drug-likeness (QED) is 0.358. The Bertz CT molecular complexity index is 587. The minimum atomic E-state index is 0. The van der Waals surface area contributed by atoms with Crippen LogP contribution in [-0.2, 0) is 13.1 Å². The molecule has 2 rings (SSSR count). The van der Waals surface area contributed by atoms with Crippen molar-refractivity contribution in [2.75, 3.05) is 13.2 Å². The smallest absolute Gasteiger partial charge is 0.213 e. The first-order valence-corrected chi connectivity index (χ1v) is 8.87. The Hall–Kier alpha value is -1.35. The SMILES string of the molecule is CCCOc1ccc(CNC(=NCc2ccsc2)NCC)cn1.I. The molecule has 2 N–H and O–H groups in total. The zero-order valence-electron chi connectivity index (χ0n) is 14.1. The molecule has 7 heteroatoms. The molecular weight excluding hydrogens is 435 g/mol. The van der Waals surface area contributed by atoms with Crippen LogP contribution in [0.5, 0.6) is 5.88 Å². The summed E-state index contributed by atoms with van der Waals surface area (Å²) in [6, 6.07) is 6.02. The Morgan fingerprint density at radius 2 is 2.08 bits per heavy atom. The molecule has 2 heterocycles. The highest BCUT2D eigenvalue weighted by Gasteiger charge is 2.00. The van der Waals surface area contributed by atoms with Crippen LogP contribution in [-0.4, -0.2) is 24.1 Å². The maximum atomic E-state index is 5.49. The van der Waals surface area contributed by atoms with Gasteiger partial charge >= 0.3 is 0 Å². The number of pyridine rings is 1. The van der Waals surface area contributed by atoms with E-state index in [9.17, 15) is 0 Å². The lowest BCUT2D eigenvalue weighted by molar-refractivity contribution is 0.305. The Morgan fingerprint density at radius 3 is 2.71 bits per heavy atom. The number of aromatic nitrogens is 1. The Balaban J connectivity index is 0.00000288. The second-order valence-corrected chi connectivity index (χ2v) is 5.81. The topological polar surface area (TPSA) is 58.5 Å². The summed E-state index contributed by atoms with van der Waals surface area (Å²) in [7, 11) is 0. The van der Waals surface area contributed by atoms with Crippen molar-refractivity contribution in [3.05, 3.63) is 46.3 Å². The monoisotopic (exact) mass is 460 g/mol. The number of aliphatic imine (C=N–C) groups is 1. The van der Waals surface area contributed by atoms with Gasteiger partial charge in [-0.05, 0) is 41.3 Å². The maximum absolute atomic E-state index is 5.49. The number of rotatable bonds is 8. The third kappa shape index (κ3) is 7.48. The molecule has 0 aliphatic carbocycles. The van der Waals surface area contributed by atoms with E-state index in [0.29, 0.717) is 25.6 Å². The van der Waals surface area contributed by atoms with E-state index in [-0.39, 0.29) is 24.0 Å². The highest BCUT2D eigenvalue weighted by atomic mass is 127. The van der Waals surface area contributed by atoms with Crippen molar-refractivity contribution in [3.8, 4) is 5.88 Å². The fourth-order valence-corrected chi connectivity index (χ4v) is 2.55. The van der Waals surface area contributed by atoms with Crippen LogP contribution in [0.3, 0.4) is 0 Å². The van der Waals surface area contributed by atoms with Gasteiger partial charge in [-0.15, -0.1) is 24.0 Å². The molecule has 0 fully saturated rings. The van der Waals surface area contributed by atoms with Crippen molar-refractivity contribution in [3.63, 3.8) is 0 Å². The Kier molecular flexibility index (Phi) is 10.4. The van der Waals surface area contributed by atoms with Crippen molar-refractivity contribution in [1.82, 2.24) is 15.6 Å². The number of halogens is 1. The van der Waals surface area contributed by atoms with Gasteiger partial charge in [-0.1, -0.05) is 13.0 Å². The van der Waals surface area contributed by atoms with Gasteiger partial charge in [-0.3, -0.25) is 0 Å². The molecule has 0 aromatic carbocycles. The van der Waals surface area contributed by atoms with Crippen molar-refractivity contribution >= 4 is 41.3 Å². The van der Waals surface area contributed by atoms with Crippen molar-refractivity contribution < 1.29 is 4.74 Å². The van der Waals surface area contributed by atoms with Crippen LogP contribution in [0, 0.1) is 0 Å². The minimum Gasteiger partial charge on any atom is -0.478 e. The molecule has 0 atom stereocenters. The number of nitrogens with one attached hydrogen (secondary N) is 2. The molecule has 0 saturated heterocycles. The molecule has 0 aliphatic heterocycles. The van der Waals surface area contributed by atoms with Crippen LogP contribution in [0.1, 0.15) is 31.4 Å². The molecule has 0 saturated carbocycles. The van der Waals surface area contributed by atoms with E-state index in [1.807, 2.05) is 18.3 Å². The van der Waals surface area contributed by atoms with Gasteiger partial charge in [-0.25, -0.2) is 9.98 Å². The predicted molar refractivity (Wildman–Crippen MR) is 111 cm³/mol. The fourth-order valence-electron chi connectivity index (χ4n) is 1.89. The van der Waals surface area contributed by atoms with Crippen molar-refractivity contribution in [1.29, 1.82) is 0 Å². The molecule has 24 heavy (non-hydrogen) atoms. The van der Waals surface area contributed by atoms with E-state index in [4.69, 9.17) is 4.74 Å². The van der Waals surface area contributed by atoms with E-state index in [0.717, 1.165) is 24.5 Å². The minimum absolute atomic E-state index is 0. The summed E-state index contributed by atoms with van der Waals surface area (Å²) in [6.07, 6.45) is 2.82. The Morgan fingerprint density at radius 1 is 1.21 bits per heavy atom. The van der Waals surface area contributed by atoms with Gasteiger partial charge in [0.05, 0.1) is 13.2 Å². The van der Waals surface area contributed by atoms with Crippen LogP contribution in [0.15, 0.2) is 40.1 Å². The summed E-state index contributed by atoms with van der Waals surface area (Å²) < 4.78 is 5.49. The highest BCUT2D eigenvalue weighted by Crippen LogP contribution is 2.08. The van der Waals surface area contributed by atoms with E-state index in [1.54, 1.807) is 11.3 Å². The third-order valence-electron chi connectivity index (χ3n) is 3.06. The lowest BCUT2D eigenvalue weighted by atomic mass is 10.3. The predicted octanol–water partition coefficient (Wildman–Crippen LogP) is 3.81. The van der Waals surface area contributed by atoms with Crippen LogP contribution in [0.25, 0.3) is 0 Å². The second-order valence-electron chi connectivity index (χ2n) is 5.03. The molecule has 5 nitrogen and oxygen atoms in total. The average Bonchev–Trinajstić information content (AvgIpc) is 3.10. The van der Waals surface area contributed by atoms with Gasteiger partial charge in [0, 0.05) is 25.4 Å². The van der Waals surface area contributed by atoms with Crippen molar-refractivity contribution in [2.24, 2.45) is 4.99 Å². The summed E-state index contributed by atoms with van der Waals surface area (Å²) in [5.41, 5.74) is 2.32. The third-order valence-corrected chi connectivity index (χ3v) is 3.79. The zero-order chi connectivity index (χ0) is 16.3. The van der Waals surface area contributed by atoms with E-state index in [1.165, 1.54) is 5.56 Å². The first-order valence-electron chi connectivity index (χ1n) is 7.92. The lowest BCUT2D eigenvalue weighted by Crippen LogP contribution is -2.36. The normalized spacial score (nSPS) is 10.8. The molecule has 0 aliphatic rings. The first kappa shape index (κ1) is 20.7. The molecule has 0 amide bonds. The average molecular weight is 460 g/mol. The molecule has 0 radical (unpaired) electrons. The molecule has 2 aromatic rings. The first-order chi connectivity index (χ1) is 11.3. The summed E-state index contributed by atoms with van der Waals surface area (Å²) in [4.78, 5) is 8.89. The fraction of sp³-hybridized carbons (Fsp3) is 0.412. The van der Waals surface area contributed by atoms with Gasteiger partial charge in [0.2, 0.25) is 5.88 Å². The maximum Gasteiger partial charge on any atom is 0.213 e. The standard InChI is InChI=1S/C17H24N4OS.HI/c1-3-8-22-16-6-5-14(10-19-16)11-20-17(18-4-2)21-12-15-7-9-23-13-15;/h5-7,9-10,13H,3-4,8,11-12H2,1-2H3,(H2,18,20,21);1H. The van der Waals surface area contributed by atoms with Crippen LogP contribution >= 0.6 is 35.3 Å². The van der Waals surface area contributed by atoms with Gasteiger partial charge in [-0.2, -0.15) is 11.3 Å². The number of ether oxygens (including phenoxy) is 1. The van der Waals surface area contributed by atoms with E-state index >= 15 is 0 Å². The molecule has 132 valence electrons. The number of nitrogens with zero attached hydrogens (tertiary/aromatic N) is 2. The van der Waals surface area contributed by atoms with Crippen molar-refractivity contribution in [2.45, 2.75) is 33.4 Å². The second kappa shape index (κ2) is 12.1. The summed E-state index contributed by atoms with van der Waals surface area (Å²) in [5, 5.41) is 10.8. The van der Waals surface area contributed by atoms with Crippen LogP contribution < -0.4 is 15.4 Å². The number of hydrogen-bond donors (Lipinski definition) is 2. The van der Waals surface area contributed by atoms with E-state index < -0.39 is 0 Å². The molecule has 0 bridgehead atoms. The zero-order valence-corrected chi connectivity index (χ0v) is 17.3. The summed E-state index contributed by atoms with van der Waals surface area (Å²) in [5.74, 6) is 1.48. The van der Waals surface area contributed by atoms with Gasteiger partial charge < -0.3 is 15.4 Å². The molecule has 0 spiro atoms. The largest absolute Gasteiger partial charge is 0.478 e.